The zero-order valence-electron chi connectivity index (χ0n) is 17.3. The largest absolute Gasteiger partial charge is 0.369 e. The van der Waals surface area contributed by atoms with Crippen LogP contribution in [-0.2, 0) is 0 Å². The van der Waals surface area contributed by atoms with Gasteiger partial charge in [0.1, 0.15) is 5.82 Å². The van der Waals surface area contributed by atoms with Crippen molar-refractivity contribution < 1.29 is 14.0 Å². The van der Waals surface area contributed by atoms with Crippen molar-refractivity contribution in [1.82, 2.24) is 10.2 Å². The van der Waals surface area contributed by atoms with Gasteiger partial charge in [-0.25, -0.2) is 9.18 Å². The fourth-order valence-electron chi connectivity index (χ4n) is 3.67. The average molecular weight is 413 g/mol. The summed E-state index contributed by atoms with van der Waals surface area (Å²) in [5.74, 6) is -0.608. The van der Waals surface area contributed by atoms with Crippen LogP contribution in [0.3, 0.4) is 0 Å². The number of urea groups is 1. The minimum Gasteiger partial charge on any atom is -0.369 e. The summed E-state index contributed by atoms with van der Waals surface area (Å²) in [7, 11) is 0. The van der Waals surface area contributed by atoms with Crippen molar-refractivity contribution in [2.45, 2.75) is 19.9 Å². The monoisotopic (exact) mass is 413 g/mol. The van der Waals surface area contributed by atoms with Gasteiger partial charge < -0.3 is 26.2 Å². The molecule has 1 unspecified atom stereocenters. The molecule has 8 heteroatoms. The van der Waals surface area contributed by atoms with Crippen LogP contribution in [-0.4, -0.2) is 49.6 Å². The molecular weight excluding hydrogens is 385 g/mol. The lowest BCUT2D eigenvalue weighted by Gasteiger charge is -2.37. The standard InChI is InChI=1S/C22H28FN5O2/c1-3-27-10-12-28(13-11-27)20-9-6-17(23)14-19(20)15(2)25-21(29)16-4-7-18(8-5-16)26-22(24)30/h4-9,14-15H,3,10-13H2,1-2H3,(H,25,29)(H3,24,26,30). The van der Waals surface area contributed by atoms with E-state index in [1.807, 2.05) is 6.92 Å². The summed E-state index contributed by atoms with van der Waals surface area (Å²) in [6, 6.07) is 10.1. The summed E-state index contributed by atoms with van der Waals surface area (Å²) < 4.78 is 14.0. The Kier molecular flexibility index (Phi) is 6.89. The van der Waals surface area contributed by atoms with Gasteiger partial charge in [-0.2, -0.15) is 0 Å². The number of anilines is 2. The molecule has 1 aliphatic rings. The second-order valence-electron chi connectivity index (χ2n) is 7.39. The van der Waals surface area contributed by atoms with Gasteiger partial charge in [0.15, 0.2) is 0 Å². The molecular formula is C22H28FN5O2. The van der Waals surface area contributed by atoms with Crippen LogP contribution in [0.5, 0.6) is 0 Å². The molecule has 3 amide bonds. The summed E-state index contributed by atoms with van der Waals surface area (Å²) >= 11 is 0. The highest BCUT2D eigenvalue weighted by molar-refractivity contribution is 5.95. The third-order valence-corrected chi connectivity index (χ3v) is 5.38. The van der Waals surface area contributed by atoms with Crippen LogP contribution in [0.15, 0.2) is 42.5 Å². The number of nitrogens with zero attached hydrogens (tertiary/aromatic N) is 2. The van der Waals surface area contributed by atoms with Crippen LogP contribution >= 0.6 is 0 Å². The van der Waals surface area contributed by atoms with Crippen LogP contribution in [0.4, 0.5) is 20.6 Å². The Hall–Kier alpha value is -3.13. The molecule has 4 N–H and O–H groups in total. The van der Waals surface area contributed by atoms with E-state index in [-0.39, 0.29) is 17.8 Å². The van der Waals surface area contributed by atoms with Crippen LogP contribution in [0.2, 0.25) is 0 Å². The molecule has 30 heavy (non-hydrogen) atoms. The molecule has 1 fully saturated rings. The molecule has 1 saturated heterocycles. The predicted molar refractivity (Wildman–Crippen MR) is 116 cm³/mol. The Morgan fingerprint density at radius 3 is 2.37 bits per heavy atom. The summed E-state index contributed by atoms with van der Waals surface area (Å²) in [5.41, 5.74) is 7.73. The van der Waals surface area contributed by atoms with Crippen molar-refractivity contribution in [3.05, 3.63) is 59.4 Å². The number of piperazine rings is 1. The molecule has 0 saturated carbocycles. The van der Waals surface area contributed by atoms with Crippen LogP contribution in [0.1, 0.15) is 35.8 Å². The summed E-state index contributed by atoms with van der Waals surface area (Å²) in [4.78, 5) is 28.2. The molecule has 7 nitrogen and oxygen atoms in total. The van der Waals surface area contributed by atoms with E-state index in [1.165, 1.54) is 12.1 Å². The smallest absolute Gasteiger partial charge is 0.316 e. The highest BCUT2D eigenvalue weighted by atomic mass is 19.1. The maximum atomic E-state index is 14.0. The van der Waals surface area contributed by atoms with Crippen molar-refractivity contribution in [3.63, 3.8) is 0 Å². The second-order valence-corrected chi connectivity index (χ2v) is 7.39. The number of benzene rings is 2. The molecule has 0 aromatic heterocycles. The molecule has 0 spiro atoms. The first kappa shape index (κ1) is 21.6. The molecule has 0 radical (unpaired) electrons. The molecule has 2 aromatic carbocycles. The number of carbonyl (C=O) groups excluding carboxylic acids is 2. The molecule has 2 aromatic rings. The summed E-state index contributed by atoms with van der Waals surface area (Å²) in [6.45, 7) is 8.65. The number of likely N-dealkylation sites (N-methyl/N-ethyl adjacent to an activating group) is 1. The zero-order chi connectivity index (χ0) is 21.7. The van der Waals surface area contributed by atoms with Crippen molar-refractivity contribution in [2.24, 2.45) is 5.73 Å². The lowest BCUT2D eigenvalue weighted by Crippen LogP contribution is -2.46. The second kappa shape index (κ2) is 9.58. The van der Waals surface area contributed by atoms with E-state index in [4.69, 9.17) is 5.73 Å². The number of nitrogens with two attached hydrogens (primary N) is 1. The lowest BCUT2D eigenvalue weighted by atomic mass is 10.0. The summed E-state index contributed by atoms with van der Waals surface area (Å²) in [5, 5.41) is 5.40. The maximum Gasteiger partial charge on any atom is 0.316 e. The topological polar surface area (TPSA) is 90.7 Å². The summed E-state index contributed by atoms with van der Waals surface area (Å²) in [6.07, 6.45) is 0. The SMILES string of the molecule is CCN1CCN(c2ccc(F)cc2C(C)NC(=O)c2ccc(NC(N)=O)cc2)CC1. The van der Waals surface area contributed by atoms with E-state index in [2.05, 4.69) is 27.4 Å². The van der Waals surface area contributed by atoms with Crippen molar-refractivity contribution in [3.8, 4) is 0 Å². The van der Waals surface area contributed by atoms with E-state index < -0.39 is 6.03 Å². The molecule has 1 atom stereocenters. The predicted octanol–water partition coefficient (Wildman–Crippen LogP) is 2.95. The Labute approximate surface area is 176 Å². The highest BCUT2D eigenvalue weighted by Gasteiger charge is 2.22. The first-order valence-electron chi connectivity index (χ1n) is 10.1. The highest BCUT2D eigenvalue weighted by Crippen LogP contribution is 2.28. The number of hydrogen-bond donors (Lipinski definition) is 3. The number of carbonyl (C=O) groups is 2. The number of rotatable bonds is 6. The quantitative estimate of drug-likeness (QED) is 0.679. The van der Waals surface area contributed by atoms with Gasteiger partial charge >= 0.3 is 6.03 Å². The third-order valence-electron chi connectivity index (χ3n) is 5.38. The molecule has 160 valence electrons. The van der Waals surface area contributed by atoms with Gasteiger partial charge in [-0.3, -0.25) is 4.79 Å². The van der Waals surface area contributed by atoms with Crippen molar-refractivity contribution in [2.75, 3.05) is 42.9 Å². The van der Waals surface area contributed by atoms with E-state index >= 15 is 0 Å². The van der Waals surface area contributed by atoms with Crippen LogP contribution in [0.25, 0.3) is 0 Å². The lowest BCUT2D eigenvalue weighted by molar-refractivity contribution is 0.0940. The number of nitrogens with one attached hydrogen (secondary N) is 2. The minimum atomic E-state index is -0.667. The first-order valence-corrected chi connectivity index (χ1v) is 10.1. The number of hydrogen-bond acceptors (Lipinski definition) is 4. The van der Waals surface area contributed by atoms with Crippen molar-refractivity contribution >= 4 is 23.3 Å². The first-order chi connectivity index (χ1) is 14.4. The number of halogens is 1. The number of amides is 3. The minimum absolute atomic E-state index is 0.279. The van der Waals surface area contributed by atoms with E-state index in [0.717, 1.165) is 44.0 Å². The third kappa shape index (κ3) is 5.27. The molecule has 1 aliphatic heterocycles. The normalized spacial score (nSPS) is 15.5. The Morgan fingerprint density at radius 1 is 1.10 bits per heavy atom. The van der Waals surface area contributed by atoms with Gasteiger partial charge in [0, 0.05) is 48.7 Å². The van der Waals surface area contributed by atoms with Crippen LogP contribution < -0.4 is 21.3 Å². The Balaban J connectivity index is 1.73. The maximum absolute atomic E-state index is 14.0. The molecule has 0 aliphatic carbocycles. The van der Waals surface area contributed by atoms with Gasteiger partial charge in [0.2, 0.25) is 0 Å². The van der Waals surface area contributed by atoms with Gasteiger partial charge in [-0.05, 0) is 55.9 Å². The van der Waals surface area contributed by atoms with Gasteiger partial charge in [-0.15, -0.1) is 0 Å². The Morgan fingerprint density at radius 2 is 1.77 bits per heavy atom. The van der Waals surface area contributed by atoms with Crippen LogP contribution in [0, 0.1) is 5.82 Å². The van der Waals surface area contributed by atoms with Gasteiger partial charge in [-0.1, -0.05) is 6.92 Å². The van der Waals surface area contributed by atoms with E-state index in [1.54, 1.807) is 30.3 Å². The number of primary amides is 1. The zero-order valence-corrected chi connectivity index (χ0v) is 17.3. The van der Waals surface area contributed by atoms with E-state index in [9.17, 15) is 14.0 Å². The Bertz CT molecular complexity index is 895. The molecule has 1 heterocycles. The fraction of sp³-hybridized carbons (Fsp3) is 0.364. The molecule has 0 bridgehead atoms. The average Bonchev–Trinajstić information content (AvgIpc) is 2.74. The molecule has 3 rings (SSSR count). The van der Waals surface area contributed by atoms with Gasteiger partial charge in [0.05, 0.1) is 6.04 Å². The van der Waals surface area contributed by atoms with Crippen molar-refractivity contribution in [1.29, 1.82) is 0 Å². The van der Waals surface area contributed by atoms with Gasteiger partial charge in [0.25, 0.3) is 5.91 Å². The van der Waals surface area contributed by atoms with E-state index in [0.29, 0.717) is 11.3 Å². The fourth-order valence-corrected chi connectivity index (χ4v) is 3.67.